The molecule has 5 nitrogen and oxygen atoms in total. The second kappa shape index (κ2) is 4.84. The molecule has 0 fully saturated rings. The van der Waals surface area contributed by atoms with E-state index in [4.69, 9.17) is 0 Å². The van der Waals surface area contributed by atoms with Gasteiger partial charge in [0.2, 0.25) is 0 Å². The van der Waals surface area contributed by atoms with Gasteiger partial charge in [-0.3, -0.25) is 9.48 Å². The maximum absolute atomic E-state index is 12.0. The van der Waals surface area contributed by atoms with E-state index in [2.05, 4.69) is 22.0 Å². The molecule has 19 heavy (non-hydrogen) atoms. The maximum atomic E-state index is 12.0. The molecule has 0 saturated carbocycles. The molecule has 3 heterocycles. The monoisotopic (exact) mass is 256 g/mol. The van der Waals surface area contributed by atoms with Crippen LogP contribution in [0.25, 0.3) is 21.9 Å². The van der Waals surface area contributed by atoms with Crippen molar-refractivity contribution in [2.75, 3.05) is 0 Å². The first-order chi connectivity index (χ1) is 9.31. The topological polar surface area (TPSA) is 63.6 Å². The first-order valence-corrected chi connectivity index (χ1v) is 6.64. The highest BCUT2D eigenvalue weighted by Crippen LogP contribution is 2.19. The molecule has 0 atom stereocenters. The third-order valence-electron chi connectivity index (χ3n) is 3.35. The van der Waals surface area contributed by atoms with Crippen molar-refractivity contribution in [3.8, 4) is 0 Å². The highest BCUT2D eigenvalue weighted by molar-refractivity contribution is 6.01. The molecule has 0 aliphatic carbocycles. The Hall–Kier alpha value is -2.17. The summed E-state index contributed by atoms with van der Waals surface area (Å²) in [6.45, 7) is 3.01. The summed E-state index contributed by atoms with van der Waals surface area (Å²) in [5.41, 5.74) is 1.39. The van der Waals surface area contributed by atoms with Gasteiger partial charge in [-0.05, 0) is 18.6 Å². The molecule has 0 aliphatic heterocycles. The largest absolute Gasteiger partial charge is 0.306 e. The highest BCUT2D eigenvalue weighted by Gasteiger charge is 2.11. The molecular formula is C14H16N4O. The van der Waals surface area contributed by atoms with Gasteiger partial charge in [0, 0.05) is 18.1 Å². The van der Waals surface area contributed by atoms with Crippen molar-refractivity contribution in [2.24, 2.45) is 0 Å². The molecule has 0 radical (unpaired) electrons. The van der Waals surface area contributed by atoms with Crippen molar-refractivity contribution >= 4 is 21.9 Å². The number of rotatable bonds is 4. The van der Waals surface area contributed by atoms with Gasteiger partial charge in [0.15, 0.2) is 0 Å². The summed E-state index contributed by atoms with van der Waals surface area (Å²) < 4.78 is 1.92. The molecule has 0 aromatic carbocycles. The Labute approximate surface area is 110 Å². The van der Waals surface area contributed by atoms with Gasteiger partial charge in [0.25, 0.3) is 5.56 Å². The lowest BCUT2D eigenvalue weighted by molar-refractivity contribution is 0.568. The SMILES string of the molecule is CCCCCn1ncc2c(=O)[nH]c3ncccc3c21. The number of fused-ring (bicyclic) bond motifs is 3. The third-order valence-corrected chi connectivity index (χ3v) is 3.35. The normalized spacial score (nSPS) is 11.4. The fourth-order valence-corrected chi connectivity index (χ4v) is 2.39. The second-order valence-corrected chi connectivity index (χ2v) is 4.69. The van der Waals surface area contributed by atoms with Crippen LogP contribution >= 0.6 is 0 Å². The zero-order chi connectivity index (χ0) is 13.2. The van der Waals surface area contributed by atoms with E-state index in [0.717, 1.165) is 23.9 Å². The predicted octanol–water partition coefficient (Wildman–Crippen LogP) is 2.46. The van der Waals surface area contributed by atoms with Crippen LogP contribution in [0, 0.1) is 0 Å². The number of aryl methyl sites for hydroxylation is 1. The van der Waals surface area contributed by atoms with Gasteiger partial charge in [0.05, 0.1) is 17.1 Å². The summed E-state index contributed by atoms with van der Waals surface area (Å²) >= 11 is 0. The van der Waals surface area contributed by atoms with Crippen LogP contribution in [-0.4, -0.2) is 19.7 Å². The Morgan fingerprint density at radius 3 is 3.05 bits per heavy atom. The molecule has 98 valence electrons. The Kier molecular flexibility index (Phi) is 3.03. The third kappa shape index (κ3) is 2.01. The molecule has 3 rings (SSSR count). The second-order valence-electron chi connectivity index (χ2n) is 4.69. The maximum Gasteiger partial charge on any atom is 0.260 e. The van der Waals surface area contributed by atoms with Gasteiger partial charge in [-0.1, -0.05) is 19.8 Å². The van der Waals surface area contributed by atoms with Gasteiger partial charge in [-0.25, -0.2) is 4.98 Å². The lowest BCUT2D eigenvalue weighted by Gasteiger charge is -2.05. The summed E-state index contributed by atoms with van der Waals surface area (Å²) in [5.74, 6) is 0. The Morgan fingerprint density at radius 1 is 1.32 bits per heavy atom. The van der Waals surface area contributed by atoms with Crippen LogP contribution in [0.5, 0.6) is 0 Å². The van der Waals surface area contributed by atoms with E-state index in [1.807, 2.05) is 16.8 Å². The van der Waals surface area contributed by atoms with Crippen LogP contribution in [0.4, 0.5) is 0 Å². The van der Waals surface area contributed by atoms with Gasteiger partial charge in [-0.15, -0.1) is 0 Å². The molecule has 0 aliphatic rings. The highest BCUT2D eigenvalue weighted by atomic mass is 16.1. The van der Waals surface area contributed by atoms with E-state index in [-0.39, 0.29) is 5.56 Å². The number of unbranched alkanes of at least 4 members (excludes halogenated alkanes) is 2. The summed E-state index contributed by atoms with van der Waals surface area (Å²) in [6.07, 6.45) is 6.74. The first-order valence-electron chi connectivity index (χ1n) is 6.64. The van der Waals surface area contributed by atoms with Crippen molar-refractivity contribution in [1.29, 1.82) is 0 Å². The zero-order valence-corrected chi connectivity index (χ0v) is 10.9. The fourth-order valence-electron chi connectivity index (χ4n) is 2.39. The van der Waals surface area contributed by atoms with E-state index >= 15 is 0 Å². The number of hydrogen-bond acceptors (Lipinski definition) is 3. The van der Waals surface area contributed by atoms with Crippen LogP contribution in [0.2, 0.25) is 0 Å². The summed E-state index contributed by atoms with van der Waals surface area (Å²) in [6, 6.07) is 3.85. The smallest absolute Gasteiger partial charge is 0.260 e. The van der Waals surface area contributed by atoms with E-state index in [0.29, 0.717) is 11.0 Å². The Morgan fingerprint density at radius 2 is 2.21 bits per heavy atom. The molecule has 0 bridgehead atoms. The summed E-state index contributed by atoms with van der Waals surface area (Å²) in [5, 5.41) is 5.93. The Bertz CT molecular complexity index is 772. The number of aromatic amines is 1. The summed E-state index contributed by atoms with van der Waals surface area (Å²) in [7, 11) is 0. The summed E-state index contributed by atoms with van der Waals surface area (Å²) in [4.78, 5) is 19.0. The quantitative estimate of drug-likeness (QED) is 0.729. The number of pyridine rings is 2. The molecule has 0 unspecified atom stereocenters. The number of nitrogens with zero attached hydrogens (tertiary/aromatic N) is 3. The fraction of sp³-hybridized carbons (Fsp3) is 0.357. The predicted molar refractivity (Wildman–Crippen MR) is 75.2 cm³/mol. The standard InChI is InChI=1S/C14H16N4O/c1-2-3-4-8-18-12-10-6-5-7-15-13(10)17-14(19)11(12)9-16-18/h5-7,9H,2-4,8H2,1H3,(H,15,17,19). The number of aromatic nitrogens is 4. The molecule has 0 amide bonds. The molecule has 1 N–H and O–H groups in total. The number of hydrogen-bond donors (Lipinski definition) is 1. The minimum atomic E-state index is -0.122. The zero-order valence-electron chi connectivity index (χ0n) is 10.9. The first kappa shape index (κ1) is 11.9. The minimum absolute atomic E-state index is 0.122. The van der Waals surface area contributed by atoms with E-state index in [1.54, 1.807) is 12.4 Å². The Balaban J connectivity index is 2.21. The van der Waals surface area contributed by atoms with Crippen LogP contribution in [0.3, 0.4) is 0 Å². The van der Waals surface area contributed by atoms with Crippen LogP contribution in [0.15, 0.2) is 29.3 Å². The van der Waals surface area contributed by atoms with Gasteiger partial charge < -0.3 is 4.98 Å². The van der Waals surface area contributed by atoms with Crippen molar-refractivity contribution in [3.63, 3.8) is 0 Å². The average Bonchev–Trinajstić information content (AvgIpc) is 2.84. The van der Waals surface area contributed by atoms with Crippen molar-refractivity contribution in [1.82, 2.24) is 19.7 Å². The van der Waals surface area contributed by atoms with Crippen molar-refractivity contribution < 1.29 is 0 Å². The van der Waals surface area contributed by atoms with Gasteiger partial charge in [-0.2, -0.15) is 5.10 Å². The molecular weight excluding hydrogens is 240 g/mol. The number of nitrogens with one attached hydrogen (secondary N) is 1. The van der Waals surface area contributed by atoms with Gasteiger partial charge >= 0.3 is 0 Å². The van der Waals surface area contributed by atoms with E-state index in [1.165, 1.54) is 12.8 Å². The van der Waals surface area contributed by atoms with Crippen molar-refractivity contribution in [3.05, 3.63) is 34.9 Å². The molecule has 5 heteroatoms. The number of H-pyrrole nitrogens is 1. The van der Waals surface area contributed by atoms with Crippen molar-refractivity contribution in [2.45, 2.75) is 32.7 Å². The van der Waals surface area contributed by atoms with E-state index < -0.39 is 0 Å². The average molecular weight is 256 g/mol. The van der Waals surface area contributed by atoms with E-state index in [9.17, 15) is 4.79 Å². The molecule has 0 saturated heterocycles. The lowest BCUT2D eigenvalue weighted by atomic mass is 10.2. The van der Waals surface area contributed by atoms with Gasteiger partial charge in [0.1, 0.15) is 5.65 Å². The minimum Gasteiger partial charge on any atom is -0.306 e. The molecule has 0 spiro atoms. The lowest BCUT2D eigenvalue weighted by Crippen LogP contribution is -2.08. The molecule has 3 aromatic heterocycles. The van der Waals surface area contributed by atoms with Crippen LogP contribution in [0.1, 0.15) is 26.2 Å². The molecule has 3 aromatic rings. The van der Waals surface area contributed by atoms with Crippen LogP contribution < -0.4 is 5.56 Å². The van der Waals surface area contributed by atoms with Crippen LogP contribution in [-0.2, 0) is 6.54 Å².